The van der Waals surface area contributed by atoms with Crippen molar-refractivity contribution in [2.24, 2.45) is 5.41 Å². The molecular weight excluding hydrogens is 292 g/mol. The molecular formula is C16H26N6O. The third-order valence-electron chi connectivity index (χ3n) is 3.46. The number of hydrogen-bond donors (Lipinski definition) is 0. The van der Waals surface area contributed by atoms with E-state index in [-0.39, 0.29) is 11.4 Å². The van der Waals surface area contributed by atoms with Gasteiger partial charge in [0.2, 0.25) is 0 Å². The van der Waals surface area contributed by atoms with E-state index in [2.05, 4.69) is 47.9 Å². The van der Waals surface area contributed by atoms with Crippen LogP contribution in [-0.4, -0.2) is 35.6 Å². The van der Waals surface area contributed by atoms with E-state index in [1.807, 2.05) is 0 Å². The van der Waals surface area contributed by atoms with Crippen LogP contribution in [0.1, 0.15) is 65.0 Å². The number of rotatable bonds is 6. The van der Waals surface area contributed by atoms with Crippen LogP contribution in [0.4, 0.5) is 4.79 Å². The number of carbonyl (C=O) groups excluding carboxylic acids is 1. The van der Waals surface area contributed by atoms with Crippen molar-refractivity contribution < 1.29 is 4.79 Å². The van der Waals surface area contributed by atoms with Crippen molar-refractivity contribution in [2.75, 3.05) is 0 Å². The van der Waals surface area contributed by atoms with E-state index < -0.39 is 0 Å². The van der Waals surface area contributed by atoms with Gasteiger partial charge in [-0.05, 0) is 11.8 Å². The van der Waals surface area contributed by atoms with Crippen molar-refractivity contribution in [3.05, 3.63) is 24.3 Å². The maximum Gasteiger partial charge on any atom is 0.372 e. The summed E-state index contributed by atoms with van der Waals surface area (Å²) in [6.45, 7) is 8.58. The van der Waals surface area contributed by atoms with E-state index >= 15 is 0 Å². The molecule has 0 aliphatic carbocycles. The van der Waals surface area contributed by atoms with Gasteiger partial charge < -0.3 is 0 Å². The van der Waals surface area contributed by atoms with Crippen molar-refractivity contribution in [3.63, 3.8) is 0 Å². The van der Waals surface area contributed by atoms with E-state index in [1.54, 1.807) is 0 Å². The monoisotopic (exact) mass is 318 g/mol. The van der Waals surface area contributed by atoms with Crippen LogP contribution in [0.25, 0.3) is 0 Å². The molecule has 2 heterocycles. The summed E-state index contributed by atoms with van der Waals surface area (Å²) >= 11 is 0. The Bertz CT molecular complexity index is 624. The second-order valence-electron chi connectivity index (χ2n) is 7.03. The molecule has 0 aliphatic rings. The van der Waals surface area contributed by atoms with Gasteiger partial charge in [0.15, 0.2) is 5.82 Å². The fourth-order valence-electron chi connectivity index (χ4n) is 2.37. The molecule has 0 unspecified atom stereocenters. The molecule has 0 saturated heterocycles. The van der Waals surface area contributed by atoms with Gasteiger partial charge in [0.05, 0.1) is 0 Å². The lowest BCUT2D eigenvalue weighted by atomic mass is 9.92. The molecule has 0 N–H and O–H groups in total. The van der Waals surface area contributed by atoms with Gasteiger partial charge in [0.25, 0.3) is 0 Å². The minimum atomic E-state index is -0.333. The fourth-order valence-corrected chi connectivity index (χ4v) is 2.37. The highest BCUT2D eigenvalue weighted by Gasteiger charge is 2.21. The van der Waals surface area contributed by atoms with Gasteiger partial charge in [0, 0.05) is 12.8 Å². The zero-order valence-corrected chi connectivity index (χ0v) is 14.5. The molecule has 0 fully saturated rings. The summed E-state index contributed by atoms with van der Waals surface area (Å²) in [5.74, 6) is 1.41. The number of hydrogen-bond acceptors (Lipinski definition) is 5. The second-order valence-corrected chi connectivity index (χ2v) is 7.03. The summed E-state index contributed by atoms with van der Waals surface area (Å²) in [5, 5.41) is 8.31. The minimum absolute atomic E-state index is 0.0714. The molecule has 2 aromatic heterocycles. The lowest BCUT2D eigenvalue weighted by Gasteiger charge is -2.14. The molecule has 0 atom stereocenters. The third kappa shape index (κ3) is 4.97. The Morgan fingerprint density at radius 3 is 2.61 bits per heavy atom. The Labute approximate surface area is 137 Å². The Hall–Kier alpha value is -2.05. The number of nitrogens with zero attached hydrogens (tertiary/aromatic N) is 6. The number of aryl methyl sites for hydroxylation is 1. The van der Waals surface area contributed by atoms with Gasteiger partial charge in [-0.15, -0.1) is 5.10 Å². The van der Waals surface area contributed by atoms with E-state index in [0.29, 0.717) is 11.6 Å². The predicted molar refractivity (Wildman–Crippen MR) is 87.2 cm³/mol. The lowest BCUT2D eigenvalue weighted by Crippen LogP contribution is -2.23. The van der Waals surface area contributed by atoms with Crippen molar-refractivity contribution in [1.82, 2.24) is 29.5 Å². The van der Waals surface area contributed by atoms with Crippen LogP contribution in [0, 0.1) is 5.41 Å². The number of carbonyl (C=O) groups is 1. The smallest absolute Gasteiger partial charge is 0.243 e. The van der Waals surface area contributed by atoms with Gasteiger partial charge in [0.1, 0.15) is 18.5 Å². The summed E-state index contributed by atoms with van der Waals surface area (Å²) < 4.78 is 2.56. The molecule has 126 valence electrons. The van der Waals surface area contributed by atoms with Gasteiger partial charge in [-0.25, -0.2) is 14.8 Å². The predicted octanol–water partition coefficient (Wildman–Crippen LogP) is 3.10. The van der Waals surface area contributed by atoms with Crippen molar-refractivity contribution >= 4 is 6.03 Å². The second kappa shape index (κ2) is 7.48. The van der Waals surface area contributed by atoms with Crippen LogP contribution >= 0.6 is 0 Å². The topological polar surface area (TPSA) is 78.5 Å². The molecule has 0 amide bonds. The quantitative estimate of drug-likeness (QED) is 0.765. The first-order valence-corrected chi connectivity index (χ1v) is 8.25. The van der Waals surface area contributed by atoms with Crippen LogP contribution in [0.3, 0.4) is 0 Å². The van der Waals surface area contributed by atoms with Crippen molar-refractivity contribution in [3.8, 4) is 0 Å². The van der Waals surface area contributed by atoms with E-state index in [4.69, 9.17) is 0 Å². The van der Waals surface area contributed by atoms with Crippen molar-refractivity contribution in [2.45, 2.75) is 66.2 Å². The Kier molecular flexibility index (Phi) is 5.63. The first kappa shape index (κ1) is 17.3. The largest absolute Gasteiger partial charge is 0.372 e. The van der Waals surface area contributed by atoms with Crippen LogP contribution in [-0.2, 0) is 12.8 Å². The molecule has 0 bridgehead atoms. The van der Waals surface area contributed by atoms with Crippen LogP contribution in [0.2, 0.25) is 0 Å². The zero-order valence-electron chi connectivity index (χ0n) is 14.5. The molecule has 0 aliphatic heterocycles. The molecule has 2 aromatic rings. The fraction of sp³-hybridized carbons (Fsp3) is 0.688. The SMILES string of the molecule is CCCCCCc1nc(CC(C)(C)C)nn1C(=O)n1cncn1. The average Bonchev–Trinajstić information content (AvgIpc) is 3.11. The highest BCUT2D eigenvalue weighted by atomic mass is 16.2. The molecule has 7 heteroatoms. The maximum absolute atomic E-state index is 12.5. The standard InChI is InChI=1S/C16H26N6O/c1-5-6-7-8-9-14-19-13(10-16(2,3)4)20-22(14)15(23)21-12-17-11-18-21/h11-12H,5-10H2,1-4H3. The van der Waals surface area contributed by atoms with Gasteiger partial charge in [-0.1, -0.05) is 47.0 Å². The summed E-state index contributed by atoms with van der Waals surface area (Å²) in [6.07, 6.45) is 8.71. The van der Waals surface area contributed by atoms with E-state index in [0.717, 1.165) is 25.7 Å². The first-order chi connectivity index (χ1) is 10.9. The molecule has 0 aromatic carbocycles. The van der Waals surface area contributed by atoms with Crippen molar-refractivity contribution in [1.29, 1.82) is 0 Å². The van der Waals surface area contributed by atoms with Gasteiger partial charge in [-0.2, -0.15) is 14.5 Å². The average molecular weight is 318 g/mol. The maximum atomic E-state index is 12.5. The minimum Gasteiger partial charge on any atom is -0.243 e. The summed E-state index contributed by atoms with van der Waals surface area (Å²) in [6, 6.07) is -0.333. The molecule has 0 saturated carbocycles. The summed E-state index contributed by atoms with van der Waals surface area (Å²) in [5.41, 5.74) is 0.0714. The summed E-state index contributed by atoms with van der Waals surface area (Å²) in [4.78, 5) is 20.9. The first-order valence-electron chi connectivity index (χ1n) is 8.25. The third-order valence-corrected chi connectivity index (χ3v) is 3.46. The lowest BCUT2D eigenvalue weighted by molar-refractivity contribution is 0.237. The molecule has 2 rings (SSSR count). The molecule has 0 radical (unpaired) electrons. The Morgan fingerprint density at radius 1 is 1.22 bits per heavy atom. The normalized spacial score (nSPS) is 11.8. The molecule has 7 nitrogen and oxygen atoms in total. The zero-order chi connectivity index (χ0) is 16.9. The number of unbranched alkanes of at least 4 members (excludes halogenated alkanes) is 3. The molecule has 0 spiro atoms. The highest BCUT2D eigenvalue weighted by Crippen LogP contribution is 2.19. The van der Waals surface area contributed by atoms with Crippen LogP contribution in [0.15, 0.2) is 12.7 Å². The van der Waals surface area contributed by atoms with Crippen LogP contribution < -0.4 is 0 Å². The highest BCUT2D eigenvalue weighted by molar-refractivity contribution is 5.77. The van der Waals surface area contributed by atoms with Gasteiger partial charge >= 0.3 is 6.03 Å². The summed E-state index contributed by atoms with van der Waals surface area (Å²) in [7, 11) is 0. The van der Waals surface area contributed by atoms with E-state index in [1.165, 1.54) is 34.9 Å². The van der Waals surface area contributed by atoms with E-state index in [9.17, 15) is 4.79 Å². The van der Waals surface area contributed by atoms with Crippen LogP contribution in [0.5, 0.6) is 0 Å². The van der Waals surface area contributed by atoms with Gasteiger partial charge in [-0.3, -0.25) is 0 Å². The molecule has 23 heavy (non-hydrogen) atoms. The Balaban J connectivity index is 2.20. The Morgan fingerprint density at radius 2 is 2.00 bits per heavy atom. The number of aromatic nitrogens is 6.